The number of aromatic nitrogens is 1. The van der Waals surface area contributed by atoms with Crippen molar-refractivity contribution in [3.63, 3.8) is 0 Å². The van der Waals surface area contributed by atoms with Gasteiger partial charge in [-0.15, -0.1) is 0 Å². The Labute approximate surface area is 210 Å². The largest absolute Gasteiger partial charge is 0.497 e. The Bertz CT molecular complexity index is 1380. The van der Waals surface area contributed by atoms with Crippen molar-refractivity contribution in [2.24, 2.45) is 0 Å². The zero-order valence-electron chi connectivity index (χ0n) is 21.2. The summed E-state index contributed by atoms with van der Waals surface area (Å²) in [5, 5.41) is 1.95. The van der Waals surface area contributed by atoms with Gasteiger partial charge in [-0.1, -0.05) is 6.07 Å². The molecule has 0 saturated heterocycles. The summed E-state index contributed by atoms with van der Waals surface area (Å²) in [4.78, 5) is 13.2. The van der Waals surface area contributed by atoms with Crippen LogP contribution in [0.4, 0.5) is 0 Å². The molecule has 0 fully saturated rings. The lowest BCUT2D eigenvalue weighted by atomic mass is 10.0. The lowest BCUT2D eigenvalue weighted by molar-refractivity contribution is -0.688. The number of Topliss-reactive ketones (excluding diaryl/α,β-unsaturated/α-hetero) is 1. The Morgan fingerprint density at radius 1 is 0.694 bits per heavy atom. The highest BCUT2D eigenvalue weighted by Crippen LogP contribution is 2.34. The predicted molar refractivity (Wildman–Crippen MR) is 137 cm³/mol. The molecule has 0 atom stereocenters. The van der Waals surface area contributed by atoms with E-state index in [4.69, 9.17) is 23.7 Å². The molecule has 1 aromatic heterocycles. The molecular formula is C29H30NO6+. The van der Waals surface area contributed by atoms with E-state index in [1.54, 1.807) is 59.8 Å². The molecule has 36 heavy (non-hydrogen) atoms. The predicted octanol–water partition coefficient (Wildman–Crippen LogP) is 4.64. The van der Waals surface area contributed by atoms with Gasteiger partial charge < -0.3 is 23.7 Å². The highest BCUT2D eigenvalue weighted by Gasteiger charge is 2.22. The van der Waals surface area contributed by atoms with Gasteiger partial charge in [0.25, 0.3) is 0 Å². The van der Waals surface area contributed by atoms with E-state index in [0.717, 1.165) is 22.0 Å². The summed E-state index contributed by atoms with van der Waals surface area (Å²) in [6, 6.07) is 18.9. The SMILES string of the molecule is COc1ccc(C(=O)C[n+]2ccc3cc(OC)c(OC)cc3c2Cc2ccc(OC)c(OC)c2)cc1. The van der Waals surface area contributed by atoms with Gasteiger partial charge in [-0.05, 0) is 59.5 Å². The zero-order chi connectivity index (χ0) is 25.7. The van der Waals surface area contributed by atoms with E-state index >= 15 is 0 Å². The number of nitrogens with zero attached hydrogens (tertiary/aromatic N) is 1. The first kappa shape index (κ1) is 24.9. The molecule has 0 N–H and O–H groups in total. The van der Waals surface area contributed by atoms with Crippen LogP contribution in [-0.4, -0.2) is 41.3 Å². The molecule has 7 nitrogen and oxygen atoms in total. The summed E-state index contributed by atoms with van der Waals surface area (Å²) < 4.78 is 29.2. The smallest absolute Gasteiger partial charge is 0.227 e. The first-order chi connectivity index (χ1) is 17.5. The molecule has 3 aromatic carbocycles. The van der Waals surface area contributed by atoms with Crippen LogP contribution in [0.2, 0.25) is 0 Å². The number of hydrogen-bond acceptors (Lipinski definition) is 6. The number of rotatable bonds is 10. The monoisotopic (exact) mass is 488 g/mol. The van der Waals surface area contributed by atoms with E-state index < -0.39 is 0 Å². The molecule has 0 saturated carbocycles. The van der Waals surface area contributed by atoms with Crippen LogP contribution in [0.3, 0.4) is 0 Å². The van der Waals surface area contributed by atoms with Crippen molar-refractivity contribution < 1.29 is 33.0 Å². The summed E-state index contributed by atoms with van der Waals surface area (Å²) in [5.74, 6) is 3.28. The van der Waals surface area contributed by atoms with Gasteiger partial charge in [-0.25, -0.2) is 0 Å². The molecule has 0 amide bonds. The number of methoxy groups -OCH3 is 5. The quantitative estimate of drug-likeness (QED) is 0.239. The molecular weight excluding hydrogens is 458 g/mol. The van der Waals surface area contributed by atoms with Gasteiger partial charge in [0.05, 0.1) is 47.4 Å². The second-order valence-electron chi connectivity index (χ2n) is 8.20. The lowest BCUT2D eigenvalue weighted by Crippen LogP contribution is -2.42. The van der Waals surface area contributed by atoms with Crippen LogP contribution in [0.5, 0.6) is 28.7 Å². The van der Waals surface area contributed by atoms with Crippen molar-refractivity contribution in [3.8, 4) is 28.7 Å². The number of ketones is 1. The van der Waals surface area contributed by atoms with Crippen molar-refractivity contribution in [1.82, 2.24) is 0 Å². The van der Waals surface area contributed by atoms with Crippen molar-refractivity contribution >= 4 is 16.6 Å². The average molecular weight is 489 g/mol. The average Bonchev–Trinajstić information content (AvgIpc) is 2.93. The fourth-order valence-electron chi connectivity index (χ4n) is 4.25. The third-order valence-electron chi connectivity index (χ3n) is 6.19. The summed E-state index contributed by atoms with van der Waals surface area (Å²) in [7, 11) is 8.06. The minimum atomic E-state index is -0.00367. The number of hydrogen-bond donors (Lipinski definition) is 0. The number of fused-ring (bicyclic) bond motifs is 1. The highest BCUT2D eigenvalue weighted by atomic mass is 16.5. The number of benzene rings is 3. The van der Waals surface area contributed by atoms with Crippen LogP contribution in [0.15, 0.2) is 66.9 Å². The second kappa shape index (κ2) is 11.0. The van der Waals surface area contributed by atoms with Crippen molar-refractivity contribution in [2.75, 3.05) is 35.5 Å². The molecule has 0 radical (unpaired) electrons. The molecule has 0 aliphatic rings. The summed E-state index contributed by atoms with van der Waals surface area (Å²) in [6.07, 6.45) is 2.49. The maximum Gasteiger partial charge on any atom is 0.227 e. The summed E-state index contributed by atoms with van der Waals surface area (Å²) >= 11 is 0. The van der Waals surface area contributed by atoms with Gasteiger partial charge in [0, 0.05) is 11.6 Å². The first-order valence-electron chi connectivity index (χ1n) is 11.5. The number of ether oxygens (including phenoxy) is 5. The van der Waals surface area contributed by atoms with E-state index in [9.17, 15) is 4.79 Å². The van der Waals surface area contributed by atoms with Crippen LogP contribution >= 0.6 is 0 Å². The van der Waals surface area contributed by atoms with Crippen molar-refractivity contribution in [3.05, 3.63) is 83.7 Å². The lowest BCUT2D eigenvalue weighted by Gasteiger charge is -2.13. The Kier molecular flexibility index (Phi) is 7.59. The Morgan fingerprint density at radius 2 is 1.33 bits per heavy atom. The van der Waals surface area contributed by atoms with Crippen molar-refractivity contribution in [1.29, 1.82) is 0 Å². The third kappa shape index (κ3) is 5.05. The molecule has 0 aliphatic carbocycles. The maximum absolute atomic E-state index is 13.2. The zero-order valence-corrected chi connectivity index (χ0v) is 21.2. The van der Waals surface area contributed by atoms with E-state index in [2.05, 4.69) is 0 Å². The minimum Gasteiger partial charge on any atom is -0.497 e. The van der Waals surface area contributed by atoms with E-state index in [1.165, 1.54) is 0 Å². The van der Waals surface area contributed by atoms with Gasteiger partial charge in [-0.2, -0.15) is 4.57 Å². The van der Waals surface area contributed by atoms with E-state index in [-0.39, 0.29) is 12.3 Å². The van der Waals surface area contributed by atoms with E-state index in [1.807, 2.05) is 47.2 Å². The summed E-state index contributed by atoms with van der Waals surface area (Å²) in [5.41, 5.74) is 2.59. The molecule has 4 rings (SSSR count). The highest BCUT2D eigenvalue weighted by molar-refractivity contribution is 5.95. The Balaban J connectivity index is 1.81. The van der Waals surface area contributed by atoms with Gasteiger partial charge in [-0.3, -0.25) is 4.79 Å². The maximum atomic E-state index is 13.2. The number of pyridine rings is 1. The summed E-state index contributed by atoms with van der Waals surface area (Å²) in [6.45, 7) is 0.180. The molecule has 4 aromatic rings. The van der Waals surface area contributed by atoms with Gasteiger partial charge in [0.15, 0.2) is 34.9 Å². The molecule has 1 heterocycles. The van der Waals surface area contributed by atoms with Crippen LogP contribution in [0.1, 0.15) is 21.6 Å². The molecule has 0 aliphatic heterocycles. The third-order valence-corrected chi connectivity index (χ3v) is 6.19. The number of carbonyl (C=O) groups excluding carboxylic acids is 1. The molecule has 7 heteroatoms. The normalized spacial score (nSPS) is 10.7. The Morgan fingerprint density at radius 3 is 1.97 bits per heavy atom. The van der Waals surface area contributed by atoms with E-state index in [0.29, 0.717) is 40.7 Å². The van der Waals surface area contributed by atoms with Crippen LogP contribution < -0.4 is 28.3 Å². The standard InChI is InChI=1S/C29H30NO6/c1-32-22-9-7-20(8-10-22)25(31)18-30-13-12-21-16-28(35-4)29(36-5)17-23(21)24(30)14-19-6-11-26(33-2)27(15-19)34-3/h6-13,15-17H,14,18H2,1-5H3/q+1. The fourth-order valence-corrected chi connectivity index (χ4v) is 4.25. The van der Waals surface area contributed by atoms with Crippen molar-refractivity contribution in [2.45, 2.75) is 13.0 Å². The fraction of sp³-hybridized carbons (Fsp3) is 0.241. The molecule has 186 valence electrons. The first-order valence-corrected chi connectivity index (χ1v) is 11.5. The van der Waals surface area contributed by atoms with Gasteiger partial charge in [0.2, 0.25) is 12.3 Å². The minimum absolute atomic E-state index is 0.00367. The van der Waals surface area contributed by atoms with Crippen LogP contribution in [0, 0.1) is 0 Å². The van der Waals surface area contributed by atoms with Gasteiger partial charge in [0.1, 0.15) is 5.75 Å². The molecule has 0 bridgehead atoms. The second-order valence-corrected chi connectivity index (χ2v) is 8.20. The molecule has 0 unspecified atom stereocenters. The Hall–Kier alpha value is -4.26. The van der Waals surface area contributed by atoms with Crippen LogP contribution in [-0.2, 0) is 13.0 Å². The topological polar surface area (TPSA) is 67.1 Å². The number of carbonyl (C=O) groups is 1. The van der Waals surface area contributed by atoms with Gasteiger partial charge >= 0.3 is 0 Å². The van der Waals surface area contributed by atoms with Crippen LogP contribution in [0.25, 0.3) is 10.8 Å². The molecule has 0 spiro atoms.